The third-order valence-electron chi connectivity index (χ3n) is 2.17. The molecule has 0 bridgehead atoms. The van der Waals surface area contributed by atoms with E-state index in [0.29, 0.717) is 12.2 Å². The minimum absolute atomic E-state index is 0.381. The Morgan fingerprint density at radius 1 is 1.33 bits per heavy atom. The number of ether oxygens (including phenoxy) is 1. The van der Waals surface area contributed by atoms with Gasteiger partial charge < -0.3 is 10.5 Å². The molecule has 0 aromatic carbocycles. The first-order valence-electron chi connectivity index (χ1n) is 4.80. The first-order chi connectivity index (χ1) is 5.72. The summed E-state index contributed by atoms with van der Waals surface area (Å²) in [6.45, 7) is 8.29. The maximum atomic E-state index is 5.62. The van der Waals surface area contributed by atoms with Crippen molar-refractivity contribution in [1.29, 1.82) is 0 Å². The van der Waals surface area contributed by atoms with Crippen LogP contribution in [0.3, 0.4) is 0 Å². The lowest BCUT2D eigenvalue weighted by molar-refractivity contribution is -0.0679. The molecule has 0 unspecified atom stereocenters. The van der Waals surface area contributed by atoms with Gasteiger partial charge in [0.1, 0.15) is 0 Å². The Morgan fingerprint density at radius 2 is 1.92 bits per heavy atom. The summed E-state index contributed by atoms with van der Waals surface area (Å²) in [5, 5.41) is 0. The van der Waals surface area contributed by atoms with Crippen molar-refractivity contribution < 1.29 is 4.74 Å². The number of rotatable bonds is 3. The van der Waals surface area contributed by atoms with Gasteiger partial charge in [0.05, 0.1) is 12.2 Å². The van der Waals surface area contributed by atoms with Crippen LogP contribution in [0.2, 0.25) is 0 Å². The van der Waals surface area contributed by atoms with Crippen LogP contribution in [-0.2, 0) is 4.74 Å². The standard InChI is InChI=1S/C9H20N2O/c1-8-6-11(5-3-4-10)7-9(2)12-8/h8-9H,3-7,10H2,1-2H3/t8-,9-/m1/s1. The minimum Gasteiger partial charge on any atom is -0.373 e. The molecule has 1 rings (SSSR count). The molecule has 1 heterocycles. The highest BCUT2D eigenvalue weighted by atomic mass is 16.5. The van der Waals surface area contributed by atoms with E-state index in [1.807, 2.05) is 0 Å². The van der Waals surface area contributed by atoms with Gasteiger partial charge in [0.2, 0.25) is 0 Å². The molecule has 0 spiro atoms. The molecule has 1 aliphatic heterocycles. The van der Waals surface area contributed by atoms with Crippen molar-refractivity contribution in [2.45, 2.75) is 32.5 Å². The van der Waals surface area contributed by atoms with Crippen LogP contribution in [0.15, 0.2) is 0 Å². The number of hydrogen-bond acceptors (Lipinski definition) is 3. The lowest BCUT2D eigenvalue weighted by Gasteiger charge is -2.35. The first kappa shape index (κ1) is 9.96. The van der Waals surface area contributed by atoms with Gasteiger partial charge in [-0.1, -0.05) is 0 Å². The lowest BCUT2D eigenvalue weighted by atomic mass is 10.2. The van der Waals surface area contributed by atoms with Crippen molar-refractivity contribution in [3.8, 4) is 0 Å². The average molecular weight is 172 g/mol. The van der Waals surface area contributed by atoms with Crippen LogP contribution in [0.4, 0.5) is 0 Å². The smallest absolute Gasteiger partial charge is 0.0678 e. The molecular formula is C9H20N2O. The van der Waals surface area contributed by atoms with Crippen LogP contribution >= 0.6 is 0 Å². The number of hydrogen-bond donors (Lipinski definition) is 1. The second-order valence-corrected chi connectivity index (χ2v) is 3.66. The van der Waals surface area contributed by atoms with Crippen molar-refractivity contribution in [3.63, 3.8) is 0 Å². The topological polar surface area (TPSA) is 38.5 Å². The molecular weight excluding hydrogens is 152 g/mol. The quantitative estimate of drug-likeness (QED) is 0.671. The largest absolute Gasteiger partial charge is 0.373 e. The summed E-state index contributed by atoms with van der Waals surface area (Å²) in [5.41, 5.74) is 5.46. The van der Waals surface area contributed by atoms with Gasteiger partial charge >= 0.3 is 0 Å². The van der Waals surface area contributed by atoms with Crippen LogP contribution in [0.5, 0.6) is 0 Å². The van der Waals surface area contributed by atoms with Gasteiger partial charge in [-0.2, -0.15) is 0 Å². The molecule has 0 aromatic heterocycles. The van der Waals surface area contributed by atoms with Crippen molar-refractivity contribution >= 4 is 0 Å². The molecule has 0 amide bonds. The Bertz CT molecular complexity index is 120. The highest BCUT2D eigenvalue weighted by Gasteiger charge is 2.20. The predicted molar refractivity (Wildman–Crippen MR) is 50.1 cm³/mol. The SMILES string of the molecule is C[C@@H]1CN(CCCN)C[C@@H](C)O1. The Morgan fingerprint density at radius 3 is 2.42 bits per heavy atom. The molecule has 0 saturated carbocycles. The van der Waals surface area contributed by atoms with E-state index in [9.17, 15) is 0 Å². The highest BCUT2D eigenvalue weighted by molar-refractivity contribution is 4.72. The molecule has 72 valence electrons. The Hall–Kier alpha value is -0.120. The Labute approximate surface area is 74.9 Å². The van der Waals surface area contributed by atoms with Crippen molar-refractivity contribution in [3.05, 3.63) is 0 Å². The average Bonchev–Trinajstić information content (AvgIpc) is 1.99. The summed E-state index contributed by atoms with van der Waals surface area (Å²) in [5.74, 6) is 0. The van der Waals surface area contributed by atoms with Gasteiger partial charge in [-0.15, -0.1) is 0 Å². The Balaban J connectivity index is 2.24. The van der Waals surface area contributed by atoms with E-state index in [1.165, 1.54) is 0 Å². The predicted octanol–water partition coefficient (Wildman–Crippen LogP) is 0.444. The van der Waals surface area contributed by atoms with Crippen molar-refractivity contribution in [2.24, 2.45) is 5.73 Å². The zero-order valence-electron chi connectivity index (χ0n) is 8.12. The van der Waals surface area contributed by atoms with Gasteiger partial charge in [-0.05, 0) is 33.4 Å². The van der Waals surface area contributed by atoms with Crippen molar-refractivity contribution in [1.82, 2.24) is 4.90 Å². The molecule has 2 atom stereocenters. The van der Waals surface area contributed by atoms with Crippen LogP contribution in [0, 0.1) is 0 Å². The maximum Gasteiger partial charge on any atom is 0.0678 e. The van der Waals surface area contributed by atoms with Crippen LogP contribution in [0.25, 0.3) is 0 Å². The Kier molecular flexibility index (Phi) is 3.98. The fourth-order valence-electron chi connectivity index (χ4n) is 1.78. The summed E-state index contributed by atoms with van der Waals surface area (Å²) in [6.07, 6.45) is 1.86. The summed E-state index contributed by atoms with van der Waals surface area (Å²) in [4.78, 5) is 2.44. The van der Waals surface area contributed by atoms with Gasteiger partial charge in [0.25, 0.3) is 0 Å². The second-order valence-electron chi connectivity index (χ2n) is 3.66. The van der Waals surface area contributed by atoms with Gasteiger partial charge in [-0.25, -0.2) is 0 Å². The molecule has 1 saturated heterocycles. The zero-order chi connectivity index (χ0) is 8.97. The van der Waals surface area contributed by atoms with Gasteiger partial charge in [-0.3, -0.25) is 4.90 Å². The van der Waals surface area contributed by atoms with Gasteiger partial charge in [0, 0.05) is 13.1 Å². The van der Waals surface area contributed by atoms with Crippen LogP contribution in [0.1, 0.15) is 20.3 Å². The summed E-state index contributed by atoms with van der Waals surface area (Å²) < 4.78 is 5.62. The lowest BCUT2D eigenvalue weighted by Crippen LogP contribution is -2.45. The fraction of sp³-hybridized carbons (Fsp3) is 1.00. The summed E-state index contributed by atoms with van der Waals surface area (Å²) in [6, 6.07) is 0. The molecule has 1 aliphatic rings. The van der Waals surface area contributed by atoms with E-state index in [1.54, 1.807) is 0 Å². The highest BCUT2D eigenvalue weighted by Crippen LogP contribution is 2.10. The third-order valence-corrected chi connectivity index (χ3v) is 2.17. The molecule has 0 radical (unpaired) electrons. The molecule has 3 nitrogen and oxygen atoms in total. The second kappa shape index (κ2) is 4.80. The first-order valence-corrected chi connectivity index (χ1v) is 4.80. The molecule has 2 N–H and O–H groups in total. The van der Waals surface area contributed by atoms with E-state index in [2.05, 4.69) is 18.7 Å². The normalized spacial score (nSPS) is 32.2. The summed E-state index contributed by atoms with van der Waals surface area (Å²) >= 11 is 0. The molecule has 12 heavy (non-hydrogen) atoms. The van der Waals surface area contributed by atoms with E-state index < -0.39 is 0 Å². The zero-order valence-corrected chi connectivity index (χ0v) is 8.12. The van der Waals surface area contributed by atoms with E-state index in [-0.39, 0.29) is 0 Å². The molecule has 0 aliphatic carbocycles. The van der Waals surface area contributed by atoms with Crippen LogP contribution in [-0.4, -0.2) is 43.3 Å². The number of morpholine rings is 1. The molecule has 1 fully saturated rings. The summed E-state index contributed by atoms with van der Waals surface area (Å²) in [7, 11) is 0. The minimum atomic E-state index is 0.381. The van der Waals surface area contributed by atoms with E-state index in [0.717, 1.165) is 32.6 Å². The van der Waals surface area contributed by atoms with Gasteiger partial charge in [0.15, 0.2) is 0 Å². The van der Waals surface area contributed by atoms with E-state index in [4.69, 9.17) is 10.5 Å². The molecule has 3 heteroatoms. The maximum absolute atomic E-state index is 5.62. The molecule has 0 aromatic rings. The number of nitrogens with zero attached hydrogens (tertiary/aromatic N) is 1. The van der Waals surface area contributed by atoms with Crippen molar-refractivity contribution in [2.75, 3.05) is 26.2 Å². The number of nitrogens with two attached hydrogens (primary N) is 1. The fourth-order valence-corrected chi connectivity index (χ4v) is 1.78. The van der Waals surface area contributed by atoms with Crippen LogP contribution < -0.4 is 5.73 Å². The van der Waals surface area contributed by atoms with E-state index >= 15 is 0 Å². The monoisotopic (exact) mass is 172 g/mol. The third kappa shape index (κ3) is 3.09.